The molecule has 28 heteroatoms. The SMILES string of the molecule is O=P([O-])([O-])CN(CCN(CP(=O)([O-])[O-])CP(=O)([O-])[O-])CCN(CP(=O)([O-])[O-])CP(=O)([O-])[O-].[Na+].[Na+].[Na+].[Na+].[Na+]. The molecule has 0 bridgehead atoms. The first-order chi connectivity index (χ1) is 13.9. The maximum atomic E-state index is 11.1. The molecule has 0 N–H and O–H groups in total. The van der Waals surface area contributed by atoms with Crippen molar-refractivity contribution in [2.45, 2.75) is 0 Å². The van der Waals surface area contributed by atoms with E-state index in [0.29, 0.717) is 14.7 Å². The van der Waals surface area contributed by atoms with Crippen molar-refractivity contribution in [3.05, 3.63) is 0 Å². The van der Waals surface area contributed by atoms with Crippen molar-refractivity contribution < 1.29 is 220 Å². The van der Waals surface area contributed by atoms with Crippen molar-refractivity contribution in [1.29, 1.82) is 0 Å². The molecular formula is C9H18N3Na5O15P5-5. The van der Waals surface area contributed by atoms with Gasteiger partial charge in [-0.05, 0) is 0 Å². The quantitative estimate of drug-likeness (QED) is 0.108. The number of hydrogen-bond acceptors (Lipinski definition) is 18. The second-order valence-corrected chi connectivity index (χ2v) is 14.2. The minimum Gasteiger partial charge on any atom is -0.810 e. The van der Waals surface area contributed by atoms with Gasteiger partial charge >= 0.3 is 148 Å². The summed E-state index contributed by atoms with van der Waals surface area (Å²) in [5, 5.41) is 0. The third-order valence-corrected chi connectivity index (χ3v) is 7.06. The average Bonchev–Trinajstić information content (AvgIpc) is 2.41. The van der Waals surface area contributed by atoms with E-state index in [-0.39, 0.29) is 148 Å². The van der Waals surface area contributed by atoms with Gasteiger partial charge in [0.15, 0.2) is 0 Å². The van der Waals surface area contributed by atoms with E-state index in [4.69, 9.17) is 0 Å². The molecule has 0 unspecified atom stereocenters. The van der Waals surface area contributed by atoms with E-state index in [2.05, 4.69) is 0 Å². The zero-order valence-corrected chi connectivity index (χ0v) is 35.5. The van der Waals surface area contributed by atoms with Crippen LogP contribution in [-0.4, -0.2) is 72.3 Å². The van der Waals surface area contributed by atoms with Gasteiger partial charge in [-0.15, -0.1) is 0 Å². The first kappa shape index (κ1) is 55.1. The van der Waals surface area contributed by atoms with Crippen LogP contribution in [0.25, 0.3) is 0 Å². The maximum Gasteiger partial charge on any atom is 1.00 e. The summed E-state index contributed by atoms with van der Waals surface area (Å²) in [6, 6.07) is 0. The Morgan fingerprint density at radius 3 is 0.622 bits per heavy atom. The van der Waals surface area contributed by atoms with Crippen molar-refractivity contribution >= 4 is 38.0 Å². The molecule has 0 aliphatic heterocycles. The van der Waals surface area contributed by atoms with Gasteiger partial charge < -0.3 is 71.8 Å². The molecule has 0 aliphatic carbocycles. The van der Waals surface area contributed by atoms with Gasteiger partial charge in [-0.1, -0.05) is 38.0 Å². The molecule has 0 spiro atoms. The fraction of sp³-hybridized carbons (Fsp3) is 1.00. The number of nitrogens with zero attached hydrogens (tertiary/aromatic N) is 3. The summed E-state index contributed by atoms with van der Waals surface area (Å²) in [4.78, 5) is 111. The fourth-order valence-corrected chi connectivity index (χ4v) is 6.43. The van der Waals surface area contributed by atoms with Crippen LogP contribution in [0.15, 0.2) is 0 Å². The molecule has 0 aromatic rings. The normalized spacial score (nSPS) is 12.7. The van der Waals surface area contributed by atoms with Gasteiger partial charge in [-0.3, -0.25) is 14.7 Å². The van der Waals surface area contributed by atoms with Crippen LogP contribution in [-0.2, 0) is 22.8 Å². The molecule has 18 nitrogen and oxygen atoms in total. The molecule has 0 heterocycles. The molecule has 37 heavy (non-hydrogen) atoms. The van der Waals surface area contributed by atoms with Gasteiger partial charge in [-0.2, -0.15) is 0 Å². The van der Waals surface area contributed by atoms with Crippen LogP contribution in [0.2, 0.25) is 0 Å². The van der Waals surface area contributed by atoms with E-state index >= 15 is 0 Å². The minimum absolute atomic E-state index is 0. The van der Waals surface area contributed by atoms with Gasteiger partial charge in [0, 0.05) is 57.6 Å². The first-order valence-corrected chi connectivity index (χ1v) is 16.8. The monoisotopic (exact) mass is 678 g/mol. The summed E-state index contributed by atoms with van der Waals surface area (Å²) >= 11 is 0. The van der Waals surface area contributed by atoms with E-state index in [0.717, 1.165) is 0 Å². The standard InChI is InChI=1S/C9H28N3O15P5.5Na/c13-28(14,15)5-10(1-3-11(6-29(16,17)18)7-30(19,20)21)2-4-12(8-31(22,23)24)9-32(25,26)27;;;;;/h1-9H2,(H2,13,14,15)(H2,16,17,18)(H2,19,20,21)(H2,22,23,24)(H2,25,26,27);;;;;/q;5*+1/p-10. The van der Waals surface area contributed by atoms with Crippen LogP contribution in [0.4, 0.5) is 0 Å². The molecule has 194 valence electrons. The number of hydrogen-bond donors (Lipinski definition) is 0. The third kappa shape index (κ3) is 39.6. The molecule has 0 fully saturated rings. The van der Waals surface area contributed by atoms with Gasteiger partial charge in [0.25, 0.3) is 0 Å². The second kappa shape index (κ2) is 23.9. The van der Waals surface area contributed by atoms with Crippen LogP contribution in [0.5, 0.6) is 0 Å². The summed E-state index contributed by atoms with van der Waals surface area (Å²) < 4.78 is 54.6. The molecule has 0 saturated carbocycles. The van der Waals surface area contributed by atoms with E-state index in [1.54, 1.807) is 0 Å². The van der Waals surface area contributed by atoms with Crippen LogP contribution >= 0.6 is 38.0 Å². The zero-order valence-electron chi connectivity index (χ0n) is 21.1. The first-order valence-electron chi connectivity index (χ1n) is 8.17. The Kier molecular flexibility index (Phi) is 35.6. The Bertz CT molecular complexity index is 742. The van der Waals surface area contributed by atoms with Crippen molar-refractivity contribution in [3.63, 3.8) is 0 Å². The van der Waals surface area contributed by atoms with Crippen molar-refractivity contribution in [2.24, 2.45) is 0 Å². The van der Waals surface area contributed by atoms with Crippen molar-refractivity contribution in [1.82, 2.24) is 14.7 Å². The Labute approximate surface area is 324 Å². The van der Waals surface area contributed by atoms with Gasteiger partial charge in [0.1, 0.15) is 0 Å². The van der Waals surface area contributed by atoms with Crippen molar-refractivity contribution in [3.8, 4) is 0 Å². The van der Waals surface area contributed by atoms with E-state index in [9.17, 15) is 71.8 Å². The smallest absolute Gasteiger partial charge is 0.810 e. The predicted octanol–water partition coefficient (Wildman–Crippen LogP) is -23.7. The molecule has 0 aromatic carbocycles. The summed E-state index contributed by atoms with van der Waals surface area (Å²) in [7, 11) is -26.8. The van der Waals surface area contributed by atoms with E-state index in [1.165, 1.54) is 0 Å². The Hall–Kier alpha value is 5.63. The Morgan fingerprint density at radius 1 is 0.324 bits per heavy atom. The zero-order chi connectivity index (χ0) is 25.6. The minimum atomic E-state index is -5.37. The molecule has 0 aromatic heterocycles. The number of rotatable bonds is 16. The molecular weight excluding hydrogens is 660 g/mol. The topological polar surface area (TPSA) is 326 Å². The molecule has 0 radical (unpaired) electrons. The average molecular weight is 678 g/mol. The van der Waals surface area contributed by atoms with Crippen LogP contribution in [0.3, 0.4) is 0 Å². The fourth-order valence-electron chi connectivity index (χ4n) is 2.42. The van der Waals surface area contributed by atoms with Crippen LogP contribution in [0, 0.1) is 0 Å². The largest absolute Gasteiger partial charge is 1.00 e. The Morgan fingerprint density at radius 2 is 0.459 bits per heavy atom. The van der Waals surface area contributed by atoms with Gasteiger partial charge in [0.05, 0.1) is 0 Å². The van der Waals surface area contributed by atoms with Crippen LogP contribution < -0.4 is 197 Å². The summed E-state index contributed by atoms with van der Waals surface area (Å²) in [6.07, 6.45) is -7.03. The maximum absolute atomic E-state index is 11.1. The molecule has 0 atom stereocenters. The van der Waals surface area contributed by atoms with Gasteiger partial charge in [0.2, 0.25) is 0 Å². The predicted molar refractivity (Wildman–Crippen MR) is 87.4 cm³/mol. The van der Waals surface area contributed by atoms with Crippen LogP contribution in [0.1, 0.15) is 0 Å². The van der Waals surface area contributed by atoms with Gasteiger partial charge in [-0.25, -0.2) is 0 Å². The summed E-state index contributed by atoms with van der Waals surface area (Å²) in [6.45, 7) is -2.82. The summed E-state index contributed by atoms with van der Waals surface area (Å²) in [5.74, 6) is 0. The third-order valence-electron chi connectivity index (χ3n) is 3.33. The van der Waals surface area contributed by atoms with E-state index < -0.39 is 95.6 Å². The van der Waals surface area contributed by atoms with Crippen molar-refractivity contribution in [2.75, 3.05) is 57.6 Å². The molecule has 0 aliphatic rings. The molecule has 0 amide bonds. The summed E-state index contributed by atoms with van der Waals surface area (Å²) in [5.41, 5.74) is 0. The Balaban J connectivity index is -0.000000480. The van der Waals surface area contributed by atoms with E-state index in [1.807, 2.05) is 0 Å². The molecule has 0 rings (SSSR count). The molecule has 0 saturated heterocycles. The second-order valence-electron chi connectivity index (χ2n) is 6.67.